The van der Waals surface area contributed by atoms with E-state index in [1.165, 1.54) is 5.56 Å². The van der Waals surface area contributed by atoms with Crippen LogP contribution in [0.4, 0.5) is 0 Å². The van der Waals surface area contributed by atoms with Gasteiger partial charge in [-0.05, 0) is 48.2 Å². The van der Waals surface area contributed by atoms with Crippen molar-refractivity contribution in [1.82, 2.24) is 4.90 Å². The van der Waals surface area contributed by atoms with Gasteiger partial charge in [0.2, 0.25) is 0 Å². The van der Waals surface area contributed by atoms with Crippen LogP contribution in [-0.4, -0.2) is 31.1 Å². The van der Waals surface area contributed by atoms with Crippen LogP contribution in [0.2, 0.25) is 0 Å². The second-order valence-corrected chi connectivity index (χ2v) is 6.58. The molecular formula is C21H21NO3. The Morgan fingerprint density at radius 1 is 1.04 bits per heavy atom. The number of carbonyl (C=O) groups is 1. The maximum absolute atomic E-state index is 13.1. The van der Waals surface area contributed by atoms with Gasteiger partial charge in [-0.15, -0.1) is 0 Å². The molecule has 0 spiro atoms. The van der Waals surface area contributed by atoms with E-state index in [2.05, 4.69) is 6.58 Å². The lowest BCUT2D eigenvalue weighted by Gasteiger charge is -2.36. The highest BCUT2D eigenvalue weighted by Gasteiger charge is 2.45. The molecule has 4 rings (SSSR count). The van der Waals surface area contributed by atoms with Gasteiger partial charge < -0.3 is 14.4 Å². The Labute approximate surface area is 147 Å². The summed E-state index contributed by atoms with van der Waals surface area (Å²) in [6.45, 7) is 4.23. The van der Waals surface area contributed by atoms with Crippen LogP contribution in [0.3, 0.4) is 0 Å². The van der Waals surface area contributed by atoms with Gasteiger partial charge in [0.05, 0.1) is 26.3 Å². The molecule has 1 saturated heterocycles. The van der Waals surface area contributed by atoms with Gasteiger partial charge in [-0.2, -0.15) is 0 Å². The van der Waals surface area contributed by atoms with Gasteiger partial charge in [-0.3, -0.25) is 4.79 Å². The van der Waals surface area contributed by atoms with Gasteiger partial charge in [0.25, 0.3) is 5.91 Å². The Hall–Kier alpha value is -2.75. The summed E-state index contributed by atoms with van der Waals surface area (Å²) in [6.07, 6.45) is 1.56. The van der Waals surface area contributed by atoms with Crippen molar-refractivity contribution in [2.45, 2.75) is 24.9 Å². The summed E-state index contributed by atoms with van der Waals surface area (Å²) in [5, 5.41) is 0. The molecule has 2 unspecified atom stereocenters. The van der Waals surface area contributed by atoms with E-state index in [4.69, 9.17) is 9.47 Å². The van der Waals surface area contributed by atoms with Crippen molar-refractivity contribution in [2.24, 2.45) is 0 Å². The SMILES string of the molecule is C=C1CC2c3cc(OC)c(OC)cc3CC1N2C(=O)c1ccccc1. The summed E-state index contributed by atoms with van der Waals surface area (Å²) in [5.74, 6) is 1.49. The molecule has 2 heterocycles. The Kier molecular flexibility index (Phi) is 3.75. The quantitative estimate of drug-likeness (QED) is 0.802. The molecular weight excluding hydrogens is 314 g/mol. The first kappa shape index (κ1) is 15.8. The second kappa shape index (κ2) is 5.96. The lowest BCUT2D eigenvalue weighted by atomic mass is 9.91. The van der Waals surface area contributed by atoms with Crippen molar-refractivity contribution in [3.63, 3.8) is 0 Å². The fourth-order valence-electron chi connectivity index (χ4n) is 4.04. The largest absolute Gasteiger partial charge is 0.493 e. The van der Waals surface area contributed by atoms with Crippen molar-refractivity contribution in [2.75, 3.05) is 14.2 Å². The van der Waals surface area contributed by atoms with Crippen LogP contribution in [0.1, 0.15) is 33.9 Å². The lowest BCUT2D eigenvalue weighted by molar-refractivity contribution is 0.0656. The third kappa shape index (κ3) is 2.40. The first-order valence-corrected chi connectivity index (χ1v) is 8.44. The summed E-state index contributed by atoms with van der Waals surface area (Å²) in [4.78, 5) is 15.1. The predicted molar refractivity (Wildman–Crippen MR) is 96.1 cm³/mol. The van der Waals surface area contributed by atoms with Crippen LogP contribution in [0.5, 0.6) is 11.5 Å². The van der Waals surface area contributed by atoms with E-state index in [-0.39, 0.29) is 18.0 Å². The number of amides is 1. The van der Waals surface area contributed by atoms with E-state index in [0.29, 0.717) is 5.75 Å². The van der Waals surface area contributed by atoms with Crippen LogP contribution < -0.4 is 9.47 Å². The fourth-order valence-corrected chi connectivity index (χ4v) is 4.04. The van der Waals surface area contributed by atoms with Gasteiger partial charge in [0, 0.05) is 5.56 Å². The minimum absolute atomic E-state index is 0.00811. The number of nitrogens with zero attached hydrogens (tertiary/aromatic N) is 1. The van der Waals surface area contributed by atoms with E-state index >= 15 is 0 Å². The zero-order valence-corrected chi connectivity index (χ0v) is 14.5. The Balaban J connectivity index is 1.78. The third-order valence-corrected chi connectivity index (χ3v) is 5.27. The molecule has 128 valence electrons. The fraction of sp³-hybridized carbons (Fsp3) is 0.286. The average Bonchev–Trinajstić information content (AvgIpc) is 2.90. The molecule has 2 atom stereocenters. The van der Waals surface area contributed by atoms with Crippen LogP contribution in [0.15, 0.2) is 54.6 Å². The molecule has 2 bridgehead atoms. The summed E-state index contributed by atoms with van der Waals surface area (Å²) >= 11 is 0. The molecule has 2 aromatic carbocycles. The van der Waals surface area contributed by atoms with Gasteiger partial charge in [-0.1, -0.05) is 30.4 Å². The van der Waals surface area contributed by atoms with E-state index in [1.54, 1.807) is 14.2 Å². The highest BCUT2D eigenvalue weighted by atomic mass is 16.5. The smallest absolute Gasteiger partial charge is 0.254 e. The van der Waals surface area contributed by atoms with Crippen molar-refractivity contribution < 1.29 is 14.3 Å². The van der Waals surface area contributed by atoms with E-state index in [0.717, 1.165) is 35.3 Å². The van der Waals surface area contributed by atoms with Gasteiger partial charge in [0.1, 0.15) is 0 Å². The molecule has 0 radical (unpaired) electrons. The topological polar surface area (TPSA) is 38.8 Å². The maximum atomic E-state index is 13.1. The second-order valence-electron chi connectivity index (χ2n) is 6.58. The minimum atomic E-state index is 0.00811. The molecule has 2 aliphatic rings. The molecule has 0 aliphatic carbocycles. The number of hydrogen-bond donors (Lipinski definition) is 0. The Bertz CT molecular complexity index is 844. The molecule has 4 heteroatoms. The summed E-state index contributed by atoms with van der Waals surface area (Å²) < 4.78 is 10.9. The Morgan fingerprint density at radius 3 is 2.40 bits per heavy atom. The van der Waals surface area contributed by atoms with Crippen molar-refractivity contribution in [3.8, 4) is 11.5 Å². The zero-order chi connectivity index (χ0) is 17.6. The van der Waals surface area contributed by atoms with Gasteiger partial charge >= 0.3 is 0 Å². The van der Waals surface area contributed by atoms with Crippen LogP contribution in [-0.2, 0) is 6.42 Å². The van der Waals surface area contributed by atoms with Crippen LogP contribution >= 0.6 is 0 Å². The van der Waals surface area contributed by atoms with Crippen molar-refractivity contribution in [3.05, 3.63) is 71.3 Å². The number of rotatable bonds is 3. The first-order valence-electron chi connectivity index (χ1n) is 8.44. The molecule has 4 nitrogen and oxygen atoms in total. The normalized spacial score (nSPS) is 21.0. The summed E-state index contributed by atoms with van der Waals surface area (Å²) in [7, 11) is 3.28. The summed E-state index contributed by atoms with van der Waals surface area (Å²) in [6, 6.07) is 13.6. The van der Waals surface area contributed by atoms with Crippen molar-refractivity contribution in [1.29, 1.82) is 0 Å². The molecule has 2 aromatic rings. The monoisotopic (exact) mass is 335 g/mol. The van der Waals surface area contributed by atoms with E-state index in [9.17, 15) is 4.79 Å². The number of hydrogen-bond acceptors (Lipinski definition) is 3. The standard InChI is InChI=1S/C21H21NO3/c1-13-9-18-16-12-20(25-3)19(24-2)11-15(16)10-17(13)22(18)21(23)14-7-5-4-6-8-14/h4-8,11-12,17-18H,1,9-10H2,2-3H3. The molecule has 0 aromatic heterocycles. The lowest BCUT2D eigenvalue weighted by Crippen LogP contribution is -2.42. The number of methoxy groups -OCH3 is 2. The molecule has 25 heavy (non-hydrogen) atoms. The van der Waals surface area contributed by atoms with Gasteiger partial charge in [0.15, 0.2) is 11.5 Å². The van der Waals surface area contributed by atoms with E-state index in [1.807, 2.05) is 47.4 Å². The summed E-state index contributed by atoms with van der Waals surface area (Å²) in [5.41, 5.74) is 4.18. The third-order valence-electron chi connectivity index (χ3n) is 5.27. The molecule has 2 aliphatic heterocycles. The molecule has 0 N–H and O–H groups in total. The van der Waals surface area contributed by atoms with Crippen LogP contribution in [0.25, 0.3) is 0 Å². The van der Waals surface area contributed by atoms with Crippen molar-refractivity contribution >= 4 is 5.91 Å². The minimum Gasteiger partial charge on any atom is -0.493 e. The first-order chi connectivity index (χ1) is 12.1. The maximum Gasteiger partial charge on any atom is 0.254 e. The Morgan fingerprint density at radius 2 is 1.72 bits per heavy atom. The zero-order valence-electron chi connectivity index (χ0n) is 14.5. The average molecular weight is 335 g/mol. The highest BCUT2D eigenvalue weighted by Crippen LogP contribution is 2.49. The molecule has 0 saturated carbocycles. The number of fused-ring (bicyclic) bond motifs is 4. The molecule has 1 amide bonds. The van der Waals surface area contributed by atoms with Gasteiger partial charge in [-0.25, -0.2) is 0 Å². The van der Waals surface area contributed by atoms with Crippen LogP contribution in [0, 0.1) is 0 Å². The highest BCUT2D eigenvalue weighted by molar-refractivity contribution is 5.95. The number of carbonyl (C=O) groups excluding carboxylic acids is 1. The number of benzene rings is 2. The number of ether oxygens (including phenoxy) is 2. The molecule has 1 fully saturated rings. The predicted octanol–water partition coefficient (Wildman–Crippen LogP) is 3.77. The van der Waals surface area contributed by atoms with E-state index < -0.39 is 0 Å².